The van der Waals surface area contributed by atoms with Crippen molar-refractivity contribution in [2.75, 3.05) is 13.1 Å². The lowest BCUT2D eigenvalue weighted by molar-refractivity contribution is 0.201. The van der Waals surface area contributed by atoms with Crippen molar-refractivity contribution in [3.63, 3.8) is 0 Å². The quantitative estimate of drug-likeness (QED) is 0.313. The first kappa shape index (κ1) is 14.8. The van der Waals surface area contributed by atoms with E-state index in [0.717, 1.165) is 5.56 Å². The topological polar surface area (TPSA) is 90.9 Å². The minimum absolute atomic E-state index is 0.120. The standard InChI is InChI=1S/C13H20N4O2/c1-2-17(9-8-12(14)16-19)13(18)15-10-11-6-4-3-5-7-11/h3-7,19H,2,8-10H2,1H3,(H2,14,16)(H,15,18). The Labute approximate surface area is 112 Å². The van der Waals surface area contributed by atoms with Gasteiger partial charge >= 0.3 is 6.03 Å². The zero-order valence-corrected chi connectivity index (χ0v) is 11.0. The predicted molar refractivity (Wildman–Crippen MR) is 74.0 cm³/mol. The van der Waals surface area contributed by atoms with E-state index in [-0.39, 0.29) is 11.9 Å². The summed E-state index contributed by atoms with van der Waals surface area (Å²) in [5.74, 6) is 0.120. The molecule has 0 unspecified atom stereocenters. The van der Waals surface area contributed by atoms with Gasteiger partial charge in [-0.1, -0.05) is 35.5 Å². The van der Waals surface area contributed by atoms with E-state index in [1.165, 1.54) is 0 Å². The highest BCUT2D eigenvalue weighted by molar-refractivity contribution is 5.80. The Morgan fingerprint density at radius 2 is 2.11 bits per heavy atom. The minimum Gasteiger partial charge on any atom is -0.409 e. The Hall–Kier alpha value is -2.24. The molecule has 1 aromatic carbocycles. The molecular weight excluding hydrogens is 244 g/mol. The molecule has 0 aliphatic rings. The van der Waals surface area contributed by atoms with Crippen LogP contribution in [0.5, 0.6) is 0 Å². The zero-order chi connectivity index (χ0) is 14.1. The fourth-order valence-electron chi connectivity index (χ4n) is 1.59. The van der Waals surface area contributed by atoms with E-state index < -0.39 is 0 Å². The van der Waals surface area contributed by atoms with Gasteiger partial charge in [-0.15, -0.1) is 0 Å². The van der Waals surface area contributed by atoms with Gasteiger partial charge in [0.05, 0.1) is 0 Å². The molecule has 104 valence electrons. The van der Waals surface area contributed by atoms with E-state index >= 15 is 0 Å². The van der Waals surface area contributed by atoms with Gasteiger partial charge in [-0.05, 0) is 12.5 Å². The average molecular weight is 264 g/mol. The summed E-state index contributed by atoms with van der Waals surface area (Å²) in [6.07, 6.45) is 0.350. The van der Waals surface area contributed by atoms with Crippen LogP contribution in [0.15, 0.2) is 35.5 Å². The van der Waals surface area contributed by atoms with E-state index in [1.54, 1.807) is 4.90 Å². The molecule has 0 atom stereocenters. The van der Waals surface area contributed by atoms with E-state index in [2.05, 4.69) is 10.5 Å². The van der Waals surface area contributed by atoms with Crippen LogP contribution in [0.1, 0.15) is 18.9 Å². The van der Waals surface area contributed by atoms with E-state index in [9.17, 15) is 4.79 Å². The van der Waals surface area contributed by atoms with Crippen molar-refractivity contribution in [2.45, 2.75) is 19.9 Å². The summed E-state index contributed by atoms with van der Waals surface area (Å²) >= 11 is 0. The van der Waals surface area contributed by atoms with Crippen molar-refractivity contribution in [1.29, 1.82) is 0 Å². The summed E-state index contributed by atoms with van der Waals surface area (Å²) in [6.45, 7) is 3.36. The summed E-state index contributed by atoms with van der Waals surface area (Å²) in [4.78, 5) is 13.5. The Balaban J connectivity index is 2.41. The molecule has 0 aromatic heterocycles. The van der Waals surface area contributed by atoms with Gasteiger partial charge in [-0.2, -0.15) is 0 Å². The third-order valence-corrected chi connectivity index (χ3v) is 2.72. The van der Waals surface area contributed by atoms with Crippen LogP contribution in [-0.4, -0.2) is 35.1 Å². The number of nitrogens with two attached hydrogens (primary N) is 1. The average Bonchev–Trinajstić information content (AvgIpc) is 2.46. The Bertz CT molecular complexity index is 420. The highest BCUT2D eigenvalue weighted by atomic mass is 16.4. The molecule has 6 heteroatoms. The maximum atomic E-state index is 11.9. The Morgan fingerprint density at radius 3 is 2.68 bits per heavy atom. The van der Waals surface area contributed by atoms with E-state index in [0.29, 0.717) is 26.1 Å². The van der Waals surface area contributed by atoms with Gasteiger partial charge in [-0.25, -0.2) is 4.79 Å². The van der Waals surface area contributed by atoms with Crippen LogP contribution < -0.4 is 11.1 Å². The molecule has 0 heterocycles. The SMILES string of the molecule is CCN(CC/C(N)=N/O)C(=O)NCc1ccccc1. The van der Waals surface area contributed by atoms with Crippen molar-refractivity contribution < 1.29 is 10.0 Å². The molecule has 6 nitrogen and oxygen atoms in total. The summed E-state index contributed by atoms with van der Waals surface area (Å²) in [6, 6.07) is 9.53. The molecule has 0 saturated carbocycles. The highest BCUT2D eigenvalue weighted by Crippen LogP contribution is 1.99. The van der Waals surface area contributed by atoms with Gasteiger partial charge < -0.3 is 21.2 Å². The number of amides is 2. The van der Waals surface area contributed by atoms with Crippen LogP contribution in [0.4, 0.5) is 4.79 Å². The van der Waals surface area contributed by atoms with E-state index in [1.807, 2.05) is 37.3 Å². The summed E-state index contributed by atoms with van der Waals surface area (Å²) in [7, 11) is 0. The second-order valence-corrected chi connectivity index (χ2v) is 4.07. The molecule has 0 aliphatic heterocycles. The van der Waals surface area contributed by atoms with Crippen LogP contribution in [0.3, 0.4) is 0 Å². The van der Waals surface area contributed by atoms with Crippen LogP contribution >= 0.6 is 0 Å². The minimum atomic E-state index is -0.155. The van der Waals surface area contributed by atoms with E-state index in [4.69, 9.17) is 10.9 Å². The highest BCUT2D eigenvalue weighted by Gasteiger charge is 2.11. The fourth-order valence-corrected chi connectivity index (χ4v) is 1.59. The lowest BCUT2D eigenvalue weighted by Gasteiger charge is -2.21. The number of carbonyl (C=O) groups is 1. The van der Waals surface area contributed by atoms with Crippen molar-refractivity contribution in [2.24, 2.45) is 10.9 Å². The van der Waals surface area contributed by atoms with Crippen molar-refractivity contribution in [3.05, 3.63) is 35.9 Å². The molecule has 0 aliphatic carbocycles. The van der Waals surface area contributed by atoms with Crippen LogP contribution in [0.25, 0.3) is 0 Å². The lowest BCUT2D eigenvalue weighted by atomic mass is 10.2. The normalized spacial score (nSPS) is 11.1. The Kier molecular flexibility index (Phi) is 6.21. The molecule has 0 fully saturated rings. The van der Waals surface area contributed by atoms with Gasteiger partial charge in [0.25, 0.3) is 0 Å². The first-order chi connectivity index (χ1) is 9.17. The number of nitrogens with one attached hydrogen (secondary N) is 1. The van der Waals surface area contributed by atoms with Gasteiger partial charge in [0.15, 0.2) is 0 Å². The summed E-state index contributed by atoms with van der Waals surface area (Å²) < 4.78 is 0. The summed E-state index contributed by atoms with van der Waals surface area (Å²) in [5, 5.41) is 14.2. The lowest BCUT2D eigenvalue weighted by Crippen LogP contribution is -2.41. The third kappa shape index (κ3) is 5.29. The van der Waals surface area contributed by atoms with Crippen LogP contribution in [0.2, 0.25) is 0 Å². The largest absolute Gasteiger partial charge is 0.409 e. The number of carbonyl (C=O) groups excluding carboxylic acids is 1. The smallest absolute Gasteiger partial charge is 0.317 e. The number of urea groups is 1. The van der Waals surface area contributed by atoms with Crippen molar-refractivity contribution in [3.8, 4) is 0 Å². The maximum Gasteiger partial charge on any atom is 0.317 e. The van der Waals surface area contributed by atoms with Gasteiger partial charge in [0, 0.05) is 26.1 Å². The third-order valence-electron chi connectivity index (χ3n) is 2.72. The number of nitrogens with zero attached hydrogens (tertiary/aromatic N) is 2. The molecule has 1 rings (SSSR count). The van der Waals surface area contributed by atoms with Crippen molar-refractivity contribution >= 4 is 11.9 Å². The Morgan fingerprint density at radius 1 is 1.42 bits per heavy atom. The molecular formula is C13H20N4O2. The summed E-state index contributed by atoms with van der Waals surface area (Å²) in [5.41, 5.74) is 6.43. The second-order valence-electron chi connectivity index (χ2n) is 4.07. The van der Waals surface area contributed by atoms with Crippen molar-refractivity contribution in [1.82, 2.24) is 10.2 Å². The molecule has 19 heavy (non-hydrogen) atoms. The molecule has 2 amide bonds. The predicted octanol–water partition coefficient (Wildman–Crippen LogP) is 1.35. The van der Waals surface area contributed by atoms with Gasteiger partial charge in [-0.3, -0.25) is 0 Å². The van der Waals surface area contributed by atoms with Crippen LogP contribution in [-0.2, 0) is 6.54 Å². The number of hydrogen-bond donors (Lipinski definition) is 3. The molecule has 1 aromatic rings. The monoisotopic (exact) mass is 264 g/mol. The van der Waals surface area contributed by atoms with Crippen LogP contribution in [0, 0.1) is 0 Å². The maximum absolute atomic E-state index is 11.9. The first-order valence-corrected chi connectivity index (χ1v) is 6.20. The fraction of sp³-hybridized carbons (Fsp3) is 0.385. The number of benzene rings is 1. The molecule has 4 N–H and O–H groups in total. The first-order valence-electron chi connectivity index (χ1n) is 6.20. The van der Waals surface area contributed by atoms with Gasteiger partial charge in [0.1, 0.15) is 5.84 Å². The number of hydrogen-bond acceptors (Lipinski definition) is 3. The number of amidine groups is 1. The molecule has 0 spiro atoms. The second kappa shape index (κ2) is 7.97. The molecule has 0 saturated heterocycles. The number of rotatable bonds is 6. The molecule has 0 bridgehead atoms. The van der Waals surface area contributed by atoms with Gasteiger partial charge in [0.2, 0.25) is 0 Å². The molecule has 0 radical (unpaired) electrons. The zero-order valence-electron chi connectivity index (χ0n) is 11.0. The number of oxime groups is 1.